The van der Waals surface area contributed by atoms with E-state index in [0.717, 1.165) is 48.7 Å². The first-order valence-electron chi connectivity index (χ1n) is 13.1. The van der Waals surface area contributed by atoms with Crippen LogP contribution >= 0.6 is 23.1 Å². The SMILES string of the molecule is CCOC(=O)COc1ccc(SCc2sc(-c3ccccc3)nc2COc2ccc(-c3noc(C)n3)cc2)cc1C. The number of carbonyl (C=O) groups excluding carboxylic acids is 1. The van der Waals surface area contributed by atoms with Crippen LogP contribution in [-0.4, -0.2) is 34.3 Å². The lowest BCUT2D eigenvalue weighted by molar-refractivity contribution is -0.145. The van der Waals surface area contributed by atoms with E-state index in [0.29, 0.717) is 30.7 Å². The second-order valence-electron chi connectivity index (χ2n) is 9.01. The van der Waals surface area contributed by atoms with Crippen LogP contribution in [0.4, 0.5) is 0 Å². The highest BCUT2D eigenvalue weighted by Crippen LogP contribution is 2.35. The van der Waals surface area contributed by atoms with Gasteiger partial charge in [-0.15, -0.1) is 23.1 Å². The Balaban J connectivity index is 1.27. The van der Waals surface area contributed by atoms with Crippen molar-refractivity contribution < 1.29 is 23.5 Å². The third-order valence-corrected chi connectivity index (χ3v) is 8.33. The van der Waals surface area contributed by atoms with Crippen molar-refractivity contribution >= 4 is 29.1 Å². The number of aryl methyl sites for hydroxylation is 2. The van der Waals surface area contributed by atoms with Gasteiger partial charge in [0.1, 0.15) is 23.1 Å². The van der Waals surface area contributed by atoms with Crippen molar-refractivity contribution in [3.63, 3.8) is 0 Å². The Hall–Kier alpha value is -4.15. The molecule has 41 heavy (non-hydrogen) atoms. The molecule has 0 aliphatic rings. The molecule has 0 N–H and O–H groups in total. The van der Waals surface area contributed by atoms with Crippen LogP contribution in [-0.2, 0) is 21.9 Å². The van der Waals surface area contributed by atoms with E-state index in [1.807, 2.05) is 61.5 Å². The molecule has 8 nitrogen and oxygen atoms in total. The van der Waals surface area contributed by atoms with E-state index in [1.54, 1.807) is 36.9 Å². The second-order valence-corrected chi connectivity index (χ2v) is 11.1. The summed E-state index contributed by atoms with van der Waals surface area (Å²) >= 11 is 3.40. The summed E-state index contributed by atoms with van der Waals surface area (Å²) in [4.78, 5) is 23.1. The van der Waals surface area contributed by atoms with Crippen LogP contribution in [0.5, 0.6) is 11.5 Å². The van der Waals surface area contributed by atoms with Gasteiger partial charge in [0, 0.05) is 33.6 Å². The first-order chi connectivity index (χ1) is 20.0. The fourth-order valence-electron chi connectivity index (χ4n) is 3.94. The molecule has 0 fully saturated rings. The summed E-state index contributed by atoms with van der Waals surface area (Å²) in [6.07, 6.45) is 0. The number of ether oxygens (including phenoxy) is 3. The molecule has 0 aliphatic carbocycles. The maximum Gasteiger partial charge on any atom is 0.344 e. The first kappa shape index (κ1) is 28.4. The number of rotatable bonds is 12. The van der Waals surface area contributed by atoms with Crippen molar-refractivity contribution in [3.05, 3.63) is 94.8 Å². The quantitative estimate of drug-likeness (QED) is 0.110. The van der Waals surface area contributed by atoms with Gasteiger partial charge in [-0.05, 0) is 61.9 Å². The lowest BCUT2D eigenvalue weighted by Gasteiger charge is -2.10. The smallest absolute Gasteiger partial charge is 0.344 e. The second kappa shape index (κ2) is 13.5. The minimum Gasteiger partial charge on any atom is -0.487 e. The summed E-state index contributed by atoms with van der Waals surface area (Å²) < 4.78 is 21.8. The third kappa shape index (κ3) is 7.53. The molecule has 2 aromatic heterocycles. The number of benzene rings is 3. The van der Waals surface area contributed by atoms with Crippen LogP contribution in [0.25, 0.3) is 22.0 Å². The Labute approximate surface area is 246 Å². The van der Waals surface area contributed by atoms with Crippen LogP contribution in [0.2, 0.25) is 0 Å². The molecule has 3 aromatic carbocycles. The molecule has 210 valence electrons. The normalized spacial score (nSPS) is 10.9. The summed E-state index contributed by atoms with van der Waals surface area (Å²) in [5.41, 5.74) is 3.80. The van der Waals surface area contributed by atoms with Crippen molar-refractivity contribution in [2.75, 3.05) is 13.2 Å². The van der Waals surface area contributed by atoms with Crippen LogP contribution in [0.1, 0.15) is 28.9 Å². The maximum absolute atomic E-state index is 11.6. The van der Waals surface area contributed by atoms with Crippen molar-refractivity contribution in [2.45, 2.75) is 38.0 Å². The topological polar surface area (TPSA) is 96.6 Å². The molecular formula is C31H29N3O5S2. The molecule has 0 bridgehead atoms. The van der Waals surface area contributed by atoms with E-state index in [9.17, 15) is 4.79 Å². The van der Waals surface area contributed by atoms with Crippen molar-refractivity contribution in [3.8, 4) is 33.5 Å². The molecular weight excluding hydrogens is 558 g/mol. The number of nitrogens with zero attached hydrogens (tertiary/aromatic N) is 3. The third-order valence-electron chi connectivity index (χ3n) is 5.98. The van der Waals surface area contributed by atoms with Crippen molar-refractivity contribution in [2.24, 2.45) is 0 Å². The van der Waals surface area contributed by atoms with E-state index >= 15 is 0 Å². The van der Waals surface area contributed by atoms with Crippen molar-refractivity contribution in [1.29, 1.82) is 0 Å². The Bertz CT molecular complexity index is 1600. The summed E-state index contributed by atoms with van der Waals surface area (Å²) in [6, 6.07) is 23.7. The minimum absolute atomic E-state index is 0.104. The van der Waals surface area contributed by atoms with Gasteiger partial charge in [-0.3, -0.25) is 0 Å². The zero-order valence-corrected chi connectivity index (χ0v) is 24.6. The van der Waals surface area contributed by atoms with Gasteiger partial charge in [-0.1, -0.05) is 35.5 Å². The van der Waals surface area contributed by atoms with Crippen LogP contribution in [0.15, 0.2) is 82.2 Å². The molecule has 0 saturated heterocycles. The summed E-state index contributed by atoms with van der Waals surface area (Å²) in [5, 5.41) is 4.93. The molecule has 0 saturated carbocycles. The number of esters is 1. The largest absolute Gasteiger partial charge is 0.487 e. The Morgan fingerprint density at radius 1 is 0.951 bits per heavy atom. The lowest BCUT2D eigenvalue weighted by atomic mass is 10.2. The molecule has 5 rings (SSSR count). The number of hydrogen-bond acceptors (Lipinski definition) is 10. The Morgan fingerprint density at radius 2 is 1.76 bits per heavy atom. The number of carbonyl (C=O) groups is 1. The van der Waals surface area contributed by atoms with E-state index in [4.69, 9.17) is 23.7 Å². The Morgan fingerprint density at radius 3 is 2.46 bits per heavy atom. The van der Waals surface area contributed by atoms with Crippen LogP contribution < -0.4 is 9.47 Å². The summed E-state index contributed by atoms with van der Waals surface area (Å²) in [5.74, 6) is 2.84. The lowest BCUT2D eigenvalue weighted by Crippen LogP contribution is -2.14. The van der Waals surface area contributed by atoms with E-state index in [-0.39, 0.29) is 12.6 Å². The van der Waals surface area contributed by atoms with Gasteiger partial charge in [-0.25, -0.2) is 9.78 Å². The molecule has 5 aromatic rings. The predicted octanol–water partition coefficient (Wildman–Crippen LogP) is 7.29. The van der Waals surface area contributed by atoms with Gasteiger partial charge in [0.2, 0.25) is 11.7 Å². The number of thioether (sulfide) groups is 1. The summed E-state index contributed by atoms with van der Waals surface area (Å²) in [7, 11) is 0. The summed E-state index contributed by atoms with van der Waals surface area (Å²) in [6.45, 7) is 6.08. The average molecular weight is 588 g/mol. The maximum atomic E-state index is 11.6. The highest BCUT2D eigenvalue weighted by molar-refractivity contribution is 7.98. The Kier molecular flexibility index (Phi) is 9.33. The van der Waals surface area contributed by atoms with E-state index < -0.39 is 0 Å². The van der Waals surface area contributed by atoms with Gasteiger partial charge in [-0.2, -0.15) is 4.98 Å². The van der Waals surface area contributed by atoms with Gasteiger partial charge >= 0.3 is 5.97 Å². The first-order valence-corrected chi connectivity index (χ1v) is 14.9. The monoisotopic (exact) mass is 587 g/mol. The van der Waals surface area contributed by atoms with Crippen LogP contribution in [0.3, 0.4) is 0 Å². The standard InChI is InChI=1S/C31H29N3O5S2/c1-4-36-29(35)18-38-27-15-14-25(16-20(27)2)40-19-28-26(33-31(41-28)23-8-6-5-7-9-23)17-37-24-12-10-22(11-13-24)30-32-21(3)39-34-30/h5-16H,4,17-19H2,1-3H3. The van der Waals surface area contributed by atoms with Crippen molar-refractivity contribution in [1.82, 2.24) is 15.1 Å². The minimum atomic E-state index is -0.377. The molecule has 0 amide bonds. The van der Waals surface area contributed by atoms with E-state index in [1.165, 1.54) is 0 Å². The fourth-order valence-corrected chi connectivity index (χ4v) is 6.11. The number of thiazole rings is 1. The molecule has 0 radical (unpaired) electrons. The van der Waals surface area contributed by atoms with Crippen LogP contribution in [0, 0.1) is 13.8 Å². The van der Waals surface area contributed by atoms with E-state index in [2.05, 4.69) is 28.3 Å². The van der Waals surface area contributed by atoms with Gasteiger partial charge < -0.3 is 18.7 Å². The zero-order valence-electron chi connectivity index (χ0n) is 23.0. The van der Waals surface area contributed by atoms with Gasteiger partial charge in [0.25, 0.3) is 0 Å². The fraction of sp³-hybridized carbons (Fsp3) is 0.226. The molecule has 0 atom stereocenters. The molecule has 2 heterocycles. The average Bonchev–Trinajstić information content (AvgIpc) is 3.61. The highest BCUT2D eigenvalue weighted by Gasteiger charge is 2.15. The molecule has 0 spiro atoms. The van der Waals surface area contributed by atoms with Gasteiger partial charge in [0.15, 0.2) is 6.61 Å². The number of aromatic nitrogens is 3. The van der Waals surface area contributed by atoms with Gasteiger partial charge in [0.05, 0.1) is 12.3 Å². The highest BCUT2D eigenvalue weighted by atomic mass is 32.2. The molecule has 0 aliphatic heterocycles. The number of hydrogen-bond donors (Lipinski definition) is 0. The molecule has 0 unspecified atom stereocenters. The zero-order chi connectivity index (χ0) is 28.6. The molecule has 10 heteroatoms. The predicted molar refractivity (Wildman–Crippen MR) is 159 cm³/mol.